The predicted molar refractivity (Wildman–Crippen MR) is 113 cm³/mol. The molecule has 0 amide bonds. The summed E-state index contributed by atoms with van der Waals surface area (Å²) >= 11 is 0. The quantitative estimate of drug-likeness (QED) is 0.492. The summed E-state index contributed by atoms with van der Waals surface area (Å²) in [6.07, 6.45) is 15.9. The van der Waals surface area contributed by atoms with Crippen LogP contribution < -0.4 is 5.32 Å². The van der Waals surface area contributed by atoms with E-state index in [9.17, 15) is 0 Å². The van der Waals surface area contributed by atoms with Gasteiger partial charge in [-0.2, -0.15) is 0 Å². The van der Waals surface area contributed by atoms with Crippen LogP contribution in [0.2, 0.25) is 0 Å². The Bertz CT molecular complexity index is 504. The maximum absolute atomic E-state index is 3.53. The van der Waals surface area contributed by atoms with E-state index in [0.717, 1.165) is 47.3 Å². The lowest BCUT2D eigenvalue weighted by atomic mass is 9.64. The highest BCUT2D eigenvalue weighted by Crippen LogP contribution is 2.49. The summed E-state index contributed by atoms with van der Waals surface area (Å²) < 4.78 is 1.27. The molecule has 2 nitrogen and oxygen atoms in total. The summed E-state index contributed by atoms with van der Waals surface area (Å²) in [6, 6.07) is 0. The van der Waals surface area contributed by atoms with Gasteiger partial charge < -0.3 is 9.80 Å². The third-order valence-corrected chi connectivity index (χ3v) is 8.35. The number of nitrogens with zero attached hydrogens (tertiary/aromatic N) is 1. The zero-order chi connectivity index (χ0) is 16.3. The van der Waals surface area contributed by atoms with Crippen molar-refractivity contribution in [3.8, 4) is 0 Å². The largest absolute Gasteiger partial charge is 0.328 e. The molecule has 8 aliphatic rings. The molecule has 4 bridgehead atoms. The van der Waals surface area contributed by atoms with Gasteiger partial charge in [-0.1, -0.05) is 39.2 Å². The number of hydrogen-bond acceptors (Lipinski definition) is 1. The molecular formula is C24H43N2+. The molecule has 26 heavy (non-hydrogen) atoms. The molecule has 0 aromatic heterocycles. The van der Waals surface area contributed by atoms with Crippen LogP contribution in [0, 0.1) is 47.3 Å². The Morgan fingerprint density at radius 3 is 1.31 bits per heavy atom. The Balaban J connectivity index is 0.000000141. The topological polar surface area (TPSA) is 12.0 Å². The average Bonchev–Trinajstić information content (AvgIpc) is 3.22. The highest BCUT2D eigenvalue weighted by atomic mass is 15.3. The van der Waals surface area contributed by atoms with Gasteiger partial charge in [0.05, 0.1) is 27.2 Å². The van der Waals surface area contributed by atoms with E-state index in [4.69, 9.17) is 0 Å². The molecule has 2 saturated heterocycles. The van der Waals surface area contributed by atoms with E-state index in [2.05, 4.69) is 43.7 Å². The molecule has 0 spiro atoms. The van der Waals surface area contributed by atoms with E-state index >= 15 is 0 Å². The molecule has 0 aromatic carbocycles. The summed E-state index contributed by atoms with van der Waals surface area (Å²) in [6.45, 7) is 5.43. The fourth-order valence-electron chi connectivity index (χ4n) is 7.20. The van der Waals surface area contributed by atoms with Crippen LogP contribution in [0.25, 0.3) is 0 Å². The van der Waals surface area contributed by atoms with E-state index in [0.29, 0.717) is 0 Å². The van der Waals surface area contributed by atoms with Crippen LogP contribution in [-0.4, -0.2) is 44.8 Å². The molecule has 2 saturated carbocycles. The van der Waals surface area contributed by atoms with Crippen LogP contribution in [0.1, 0.15) is 40.5 Å². The Morgan fingerprint density at radius 1 is 0.615 bits per heavy atom. The maximum atomic E-state index is 3.53. The second-order valence-electron chi connectivity index (χ2n) is 10.2. The van der Waals surface area contributed by atoms with Gasteiger partial charge in [0.1, 0.15) is 0 Å². The van der Waals surface area contributed by atoms with Crippen molar-refractivity contribution in [2.24, 2.45) is 47.3 Å². The number of hydrogen-bond donors (Lipinski definition) is 1. The van der Waals surface area contributed by atoms with Gasteiger partial charge in [-0.3, -0.25) is 0 Å². The Hall–Kier alpha value is -0.600. The lowest BCUT2D eigenvalue weighted by Crippen LogP contribution is -2.37. The van der Waals surface area contributed by atoms with Gasteiger partial charge in [0, 0.05) is 11.8 Å². The van der Waals surface area contributed by atoms with E-state index in [-0.39, 0.29) is 14.9 Å². The smallest absolute Gasteiger partial charge is 0.0822 e. The Morgan fingerprint density at radius 2 is 0.962 bits per heavy atom. The normalized spacial score (nSPS) is 47.9. The van der Waals surface area contributed by atoms with Crippen molar-refractivity contribution < 1.29 is 4.48 Å². The number of allylic oxidation sites excluding steroid dienone is 4. The molecule has 6 aliphatic carbocycles. The molecule has 2 heteroatoms. The van der Waals surface area contributed by atoms with Crippen molar-refractivity contribution in [1.82, 2.24) is 5.32 Å². The van der Waals surface area contributed by atoms with Crippen molar-refractivity contribution in [2.75, 3.05) is 40.3 Å². The zero-order valence-corrected chi connectivity index (χ0v) is 15.5. The van der Waals surface area contributed by atoms with Crippen molar-refractivity contribution in [3.63, 3.8) is 0 Å². The first kappa shape index (κ1) is 20.1. The first-order chi connectivity index (χ1) is 11.6. The fourth-order valence-corrected chi connectivity index (χ4v) is 7.20. The third kappa shape index (κ3) is 3.33. The highest BCUT2D eigenvalue weighted by molar-refractivity contribution is 5.12. The molecule has 1 N–H and O–H groups in total. The first-order valence-electron chi connectivity index (χ1n) is 10.5. The lowest BCUT2D eigenvalue weighted by Gasteiger charge is -2.40. The second-order valence-corrected chi connectivity index (χ2v) is 10.2. The van der Waals surface area contributed by atoms with Crippen LogP contribution in [-0.2, 0) is 0 Å². The third-order valence-electron chi connectivity index (χ3n) is 8.35. The standard InChI is InChI=1S/C12H20N.C10H15N.2CH4/c1-13(2)7-11-9-3-4-10(6-5-9)12(11)8-13;1-2-8-4-3-7(1)9-5-11-6-10(8)9;;/h3-4,9-12H,5-8H2,1-2H3;1-2,7-11H,3-6H2;2*1H4/q+1;;;. The molecule has 2 aliphatic heterocycles. The lowest BCUT2D eigenvalue weighted by molar-refractivity contribution is -0.880. The van der Waals surface area contributed by atoms with E-state index in [1.54, 1.807) is 0 Å². The van der Waals surface area contributed by atoms with Crippen molar-refractivity contribution in [2.45, 2.75) is 40.5 Å². The summed E-state index contributed by atoms with van der Waals surface area (Å²) in [7, 11) is 4.80. The molecule has 0 radical (unpaired) electrons. The first-order valence-corrected chi connectivity index (χ1v) is 10.5. The fraction of sp³-hybridized carbons (Fsp3) is 0.833. The van der Waals surface area contributed by atoms with Gasteiger partial charge >= 0.3 is 0 Å². The van der Waals surface area contributed by atoms with Crippen LogP contribution in [0.15, 0.2) is 24.3 Å². The SMILES string of the molecule is C.C.C1=CC2CCC1C1CNCC21.C[N+]1(C)CC2C3C=CC(CC3)C2C1. The Labute approximate surface area is 162 Å². The van der Waals surface area contributed by atoms with Gasteiger partial charge in [-0.05, 0) is 74.3 Å². The van der Waals surface area contributed by atoms with Crippen LogP contribution in [0.5, 0.6) is 0 Å². The average molecular weight is 360 g/mol. The number of fused-ring (bicyclic) bond motifs is 2. The van der Waals surface area contributed by atoms with Crippen molar-refractivity contribution in [3.05, 3.63) is 24.3 Å². The van der Waals surface area contributed by atoms with Crippen LogP contribution in [0.3, 0.4) is 0 Å². The van der Waals surface area contributed by atoms with Gasteiger partial charge in [-0.25, -0.2) is 0 Å². The molecular weight excluding hydrogens is 316 g/mol. The van der Waals surface area contributed by atoms with Crippen LogP contribution >= 0.6 is 0 Å². The minimum Gasteiger partial charge on any atom is -0.328 e. The Kier molecular flexibility index (Phi) is 5.76. The number of quaternary nitrogens is 1. The molecule has 148 valence electrons. The zero-order valence-electron chi connectivity index (χ0n) is 15.5. The van der Waals surface area contributed by atoms with E-state index in [1.165, 1.54) is 56.3 Å². The maximum Gasteiger partial charge on any atom is 0.0822 e. The van der Waals surface area contributed by atoms with Gasteiger partial charge in [0.15, 0.2) is 0 Å². The monoisotopic (exact) mass is 359 g/mol. The molecule has 4 fully saturated rings. The summed E-state index contributed by atoms with van der Waals surface area (Å²) in [4.78, 5) is 0. The van der Waals surface area contributed by atoms with Crippen molar-refractivity contribution >= 4 is 0 Å². The summed E-state index contributed by atoms with van der Waals surface area (Å²) in [5.74, 6) is 7.79. The molecule has 0 aromatic rings. The molecule has 8 atom stereocenters. The minimum absolute atomic E-state index is 0. The molecule has 2 heterocycles. The van der Waals surface area contributed by atoms with Gasteiger partial charge in [0.2, 0.25) is 0 Å². The summed E-state index contributed by atoms with van der Waals surface area (Å²) in [5.41, 5.74) is 0. The second kappa shape index (κ2) is 7.43. The van der Waals surface area contributed by atoms with Crippen molar-refractivity contribution in [1.29, 1.82) is 0 Å². The number of nitrogens with one attached hydrogen (secondary N) is 1. The molecule has 8 unspecified atom stereocenters. The van der Waals surface area contributed by atoms with E-state index < -0.39 is 0 Å². The van der Waals surface area contributed by atoms with Gasteiger partial charge in [0.25, 0.3) is 0 Å². The van der Waals surface area contributed by atoms with E-state index in [1.807, 2.05) is 0 Å². The minimum atomic E-state index is 0. The highest BCUT2D eigenvalue weighted by Gasteiger charge is 2.50. The predicted octanol–water partition coefficient (Wildman–Crippen LogP) is 4.60. The van der Waals surface area contributed by atoms with Gasteiger partial charge in [-0.15, -0.1) is 0 Å². The molecule has 8 rings (SSSR count). The summed E-state index contributed by atoms with van der Waals surface area (Å²) in [5, 5.41) is 3.53. The number of rotatable bonds is 0. The number of likely N-dealkylation sites (tertiary alicyclic amines) is 1. The van der Waals surface area contributed by atoms with Crippen LogP contribution in [0.4, 0.5) is 0 Å².